The molecule has 0 saturated carbocycles. The van der Waals surface area contributed by atoms with Crippen LogP contribution in [0.1, 0.15) is 24.9 Å². The molecule has 1 heterocycles. The van der Waals surface area contributed by atoms with Crippen molar-refractivity contribution in [1.29, 1.82) is 0 Å². The first kappa shape index (κ1) is 11.5. The number of likely N-dealkylation sites (N-methyl/N-ethyl adjacent to an activating group) is 1. The Bertz CT molecular complexity index is 383. The van der Waals surface area contributed by atoms with Crippen LogP contribution in [0.3, 0.4) is 0 Å². The fourth-order valence-corrected chi connectivity index (χ4v) is 2.32. The maximum absolute atomic E-state index is 13.6. The zero-order valence-electron chi connectivity index (χ0n) is 9.16. The van der Waals surface area contributed by atoms with E-state index in [1.165, 1.54) is 6.07 Å². The molecule has 4 heteroatoms. The molecule has 1 N–H and O–H groups in total. The second kappa shape index (κ2) is 4.47. The zero-order valence-corrected chi connectivity index (χ0v) is 9.16. The highest BCUT2D eigenvalue weighted by atomic mass is 19.1. The number of benzene rings is 1. The summed E-state index contributed by atoms with van der Waals surface area (Å²) in [6, 6.07) is 3.26. The zero-order chi connectivity index (χ0) is 11.7. The number of nitrogens with zero attached hydrogens (tertiary/aromatic N) is 1. The molecule has 1 aliphatic rings. The van der Waals surface area contributed by atoms with Crippen molar-refractivity contribution < 1.29 is 13.9 Å². The fourth-order valence-electron chi connectivity index (χ4n) is 2.32. The van der Waals surface area contributed by atoms with Crippen LogP contribution in [0.2, 0.25) is 0 Å². The summed E-state index contributed by atoms with van der Waals surface area (Å²) < 4.78 is 26.7. The van der Waals surface area contributed by atoms with Gasteiger partial charge in [-0.25, -0.2) is 8.78 Å². The lowest BCUT2D eigenvalue weighted by Gasteiger charge is -2.22. The predicted molar refractivity (Wildman–Crippen MR) is 57.0 cm³/mol. The molecule has 2 atom stereocenters. The minimum absolute atomic E-state index is 0.212. The Balaban J connectivity index is 2.32. The molecule has 1 unspecified atom stereocenters. The predicted octanol–water partition coefficient (Wildman–Crippen LogP) is 2.09. The molecule has 0 amide bonds. The van der Waals surface area contributed by atoms with E-state index in [1.807, 2.05) is 11.8 Å². The van der Waals surface area contributed by atoms with E-state index >= 15 is 0 Å². The van der Waals surface area contributed by atoms with Gasteiger partial charge in [-0.05, 0) is 31.2 Å². The molecule has 1 aliphatic heterocycles. The third-order valence-corrected chi connectivity index (χ3v) is 3.10. The Kier molecular flexibility index (Phi) is 3.21. The van der Waals surface area contributed by atoms with Crippen LogP contribution in [0.4, 0.5) is 8.78 Å². The van der Waals surface area contributed by atoms with Crippen molar-refractivity contribution in [2.24, 2.45) is 0 Å². The molecule has 88 valence electrons. The van der Waals surface area contributed by atoms with Crippen LogP contribution in [-0.2, 0) is 0 Å². The molecule has 0 aromatic heterocycles. The summed E-state index contributed by atoms with van der Waals surface area (Å²) >= 11 is 0. The molecule has 2 nitrogen and oxygen atoms in total. The molecule has 1 aromatic carbocycles. The van der Waals surface area contributed by atoms with Crippen LogP contribution < -0.4 is 0 Å². The molecule has 2 rings (SSSR count). The van der Waals surface area contributed by atoms with E-state index in [9.17, 15) is 13.9 Å². The van der Waals surface area contributed by atoms with Gasteiger partial charge in [-0.2, -0.15) is 0 Å². The average Bonchev–Trinajstić information content (AvgIpc) is 2.63. The minimum atomic E-state index is -0.451. The van der Waals surface area contributed by atoms with Gasteiger partial charge in [0.1, 0.15) is 11.6 Å². The summed E-state index contributed by atoms with van der Waals surface area (Å²) in [6.45, 7) is 3.19. The van der Waals surface area contributed by atoms with E-state index in [0.29, 0.717) is 18.5 Å². The summed E-state index contributed by atoms with van der Waals surface area (Å²) in [6.07, 6.45) is 0.0152. The Morgan fingerprint density at radius 3 is 2.88 bits per heavy atom. The molecule has 0 radical (unpaired) electrons. The first-order chi connectivity index (χ1) is 7.61. The van der Waals surface area contributed by atoms with Gasteiger partial charge >= 0.3 is 0 Å². The summed E-state index contributed by atoms with van der Waals surface area (Å²) in [7, 11) is 0. The van der Waals surface area contributed by atoms with Crippen molar-refractivity contribution in [1.82, 2.24) is 4.90 Å². The monoisotopic (exact) mass is 227 g/mol. The first-order valence-corrected chi connectivity index (χ1v) is 5.49. The number of aliphatic hydroxyl groups is 1. The van der Waals surface area contributed by atoms with Gasteiger partial charge in [0.05, 0.1) is 6.10 Å². The summed E-state index contributed by atoms with van der Waals surface area (Å²) in [5, 5.41) is 9.56. The Morgan fingerprint density at radius 1 is 1.44 bits per heavy atom. The Hall–Kier alpha value is -1.00. The molecule has 0 spiro atoms. The smallest absolute Gasteiger partial charge is 0.128 e. The largest absolute Gasteiger partial charge is 0.392 e. The number of hydrogen-bond acceptors (Lipinski definition) is 2. The van der Waals surface area contributed by atoms with Gasteiger partial charge in [0, 0.05) is 18.2 Å². The van der Waals surface area contributed by atoms with Crippen molar-refractivity contribution in [2.75, 3.05) is 13.1 Å². The number of hydrogen-bond donors (Lipinski definition) is 1. The van der Waals surface area contributed by atoms with E-state index in [1.54, 1.807) is 0 Å². The molecule has 1 fully saturated rings. The number of β-amino-alcohol motifs (C(OH)–C–C–N with tert-alkyl or cyclic N) is 1. The molecule has 1 saturated heterocycles. The van der Waals surface area contributed by atoms with Crippen molar-refractivity contribution in [2.45, 2.75) is 25.5 Å². The maximum Gasteiger partial charge on any atom is 0.128 e. The van der Waals surface area contributed by atoms with Crippen LogP contribution in [0.15, 0.2) is 18.2 Å². The number of likely N-dealkylation sites (tertiary alicyclic amines) is 1. The van der Waals surface area contributed by atoms with Gasteiger partial charge in [-0.3, -0.25) is 4.90 Å². The molecule has 0 bridgehead atoms. The van der Waals surface area contributed by atoms with Crippen molar-refractivity contribution in [3.05, 3.63) is 35.4 Å². The standard InChI is InChI=1S/C12H15F2NO/c1-2-15-7-9(16)6-12(15)10-5-8(13)3-4-11(10)14/h3-5,9,12,16H,2,6-7H2,1H3/t9-,12?/m1/s1. The van der Waals surface area contributed by atoms with Gasteiger partial charge < -0.3 is 5.11 Å². The maximum atomic E-state index is 13.6. The average molecular weight is 227 g/mol. The van der Waals surface area contributed by atoms with Crippen LogP contribution in [0, 0.1) is 11.6 Å². The molecular formula is C12H15F2NO. The van der Waals surface area contributed by atoms with Crippen LogP contribution in [-0.4, -0.2) is 29.2 Å². The quantitative estimate of drug-likeness (QED) is 0.836. The highest BCUT2D eigenvalue weighted by molar-refractivity contribution is 5.23. The molecule has 16 heavy (non-hydrogen) atoms. The van der Waals surface area contributed by atoms with Gasteiger partial charge in [0.15, 0.2) is 0 Å². The van der Waals surface area contributed by atoms with E-state index in [-0.39, 0.29) is 6.04 Å². The lowest BCUT2D eigenvalue weighted by molar-refractivity contribution is 0.177. The van der Waals surface area contributed by atoms with Crippen LogP contribution >= 0.6 is 0 Å². The normalized spacial score (nSPS) is 26.2. The highest BCUT2D eigenvalue weighted by Crippen LogP contribution is 2.33. The number of halogens is 2. The molecular weight excluding hydrogens is 212 g/mol. The van der Waals surface area contributed by atoms with Crippen molar-refractivity contribution >= 4 is 0 Å². The fraction of sp³-hybridized carbons (Fsp3) is 0.500. The lowest BCUT2D eigenvalue weighted by Crippen LogP contribution is -2.24. The highest BCUT2D eigenvalue weighted by Gasteiger charge is 2.32. The minimum Gasteiger partial charge on any atom is -0.392 e. The molecule has 1 aromatic rings. The Morgan fingerprint density at radius 2 is 2.19 bits per heavy atom. The van der Waals surface area contributed by atoms with Gasteiger partial charge in [0.2, 0.25) is 0 Å². The van der Waals surface area contributed by atoms with E-state index < -0.39 is 17.7 Å². The van der Waals surface area contributed by atoms with Crippen molar-refractivity contribution in [3.63, 3.8) is 0 Å². The van der Waals surface area contributed by atoms with Gasteiger partial charge in [-0.15, -0.1) is 0 Å². The third-order valence-electron chi connectivity index (χ3n) is 3.10. The number of rotatable bonds is 2. The summed E-state index contributed by atoms with van der Waals surface area (Å²) in [5.41, 5.74) is 0.346. The van der Waals surface area contributed by atoms with Gasteiger partial charge in [0.25, 0.3) is 0 Å². The number of aliphatic hydroxyl groups excluding tert-OH is 1. The van der Waals surface area contributed by atoms with Crippen LogP contribution in [0.5, 0.6) is 0 Å². The third kappa shape index (κ3) is 2.08. The van der Waals surface area contributed by atoms with E-state index in [0.717, 1.165) is 18.7 Å². The summed E-state index contributed by atoms with van der Waals surface area (Å²) in [5.74, 6) is -0.840. The SMILES string of the molecule is CCN1C[C@H](O)CC1c1cc(F)ccc1F. The first-order valence-electron chi connectivity index (χ1n) is 5.49. The van der Waals surface area contributed by atoms with Gasteiger partial charge in [-0.1, -0.05) is 6.92 Å². The van der Waals surface area contributed by atoms with Crippen molar-refractivity contribution in [3.8, 4) is 0 Å². The second-order valence-electron chi connectivity index (χ2n) is 4.16. The summed E-state index contributed by atoms with van der Waals surface area (Å²) in [4.78, 5) is 1.96. The van der Waals surface area contributed by atoms with E-state index in [4.69, 9.17) is 0 Å². The molecule has 0 aliphatic carbocycles. The Labute approximate surface area is 93.5 Å². The topological polar surface area (TPSA) is 23.5 Å². The van der Waals surface area contributed by atoms with E-state index in [2.05, 4.69) is 0 Å². The van der Waals surface area contributed by atoms with Crippen LogP contribution in [0.25, 0.3) is 0 Å². The second-order valence-corrected chi connectivity index (χ2v) is 4.16. The lowest BCUT2D eigenvalue weighted by atomic mass is 10.0.